The molecule has 0 saturated carbocycles. The standard InChI is InChI=1S/C23H20Cl3NO2/c1-23(2)11-18-21(19(28)12-23)14(13-6-3-4-7-15(13)24)10-20(29)27(18)17-9-5-8-16(25)22(17)26/h3-9,14H,10-12H2,1-2H3. The molecule has 150 valence electrons. The van der Waals surface area contributed by atoms with Crippen LogP contribution in [0, 0.1) is 5.41 Å². The number of hydrogen-bond donors (Lipinski definition) is 0. The molecule has 1 heterocycles. The summed E-state index contributed by atoms with van der Waals surface area (Å²) < 4.78 is 0. The quantitative estimate of drug-likeness (QED) is 0.506. The van der Waals surface area contributed by atoms with Crippen molar-refractivity contribution in [2.45, 2.75) is 39.0 Å². The van der Waals surface area contributed by atoms with Gasteiger partial charge >= 0.3 is 0 Å². The number of carbonyl (C=O) groups is 2. The average Bonchev–Trinajstić information content (AvgIpc) is 2.63. The van der Waals surface area contributed by atoms with E-state index in [-0.39, 0.29) is 29.4 Å². The van der Waals surface area contributed by atoms with Crippen LogP contribution in [-0.4, -0.2) is 11.7 Å². The van der Waals surface area contributed by atoms with E-state index in [1.807, 2.05) is 32.0 Å². The number of allylic oxidation sites excluding steroid dienone is 2. The second-order valence-corrected chi connectivity index (χ2v) is 9.57. The summed E-state index contributed by atoms with van der Waals surface area (Å²) in [5, 5.41) is 1.24. The van der Waals surface area contributed by atoms with Gasteiger partial charge in [-0.05, 0) is 35.6 Å². The predicted molar refractivity (Wildman–Crippen MR) is 118 cm³/mol. The highest BCUT2D eigenvalue weighted by Gasteiger charge is 2.45. The molecular weight excluding hydrogens is 429 g/mol. The monoisotopic (exact) mass is 447 g/mol. The lowest BCUT2D eigenvalue weighted by molar-refractivity contribution is -0.121. The van der Waals surface area contributed by atoms with Gasteiger partial charge in [0, 0.05) is 35.1 Å². The average molecular weight is 449 g/mol. The number of nitrogens with zero attached hydrogens (tertiary/aromatic N) is 1. The van der Waals surface area contributed by atoms with E-state index in [2.05, 4.69) is 0 Å². The van der Waals surface area contributed by atoms with Crippen LogP contribution in [0.2, 0.25) is 15.1 Å². The normalized spacial score (nSPS) is 21.4. The fourth-order valence-corrected chi connectivity index (χ4v) is 5.03. The Bertz CT molecular complexity index is 1060. The number of Topliss-reactive ketones (excluding diaryl/α,β-unsaturated/α-hetero) is 1. The van der Waals surface area contributed by atoms with Gasteiger partial charge in [-0.15, -0.1) is 0 Å². The van der Waals surface area contributed by atoms with Crippen LogP contribution in [0.25, 0.3) is 0 Å². The van der Waals surface area contributed by atoms with Crippen LogP contribution < -0.4 is 4.90 Å². The Kier molecular flexibility index (Phi) is 5.27. The predicted octanol–water partition coefficient (Wildman–Crippen LogP) is 6.81. The molecule has 1 atom stereocenters. The maximum absolute atomic E-state index is 13.4. The van der Waals surface area contributed by atoms with Gasteiger partial charge in [-0.25, -0.2) is 0 Å². The highest BCUT2D eigenvalue weighted by Crippen LogP contribution is 2.50. The summed E-state index contributed by atoms with van der Waals surface area (Å²) in [7, 11) is 0. The number of ketones is 1. The minimum Gasteiger partial charge on any atom is -0.294 e. The molecule has 0 fully saturated rings. The summed E-state index contributed by atoms with van der Waals surface area (Å²) in [6, 6.07) is 12.6. The van der Waals surface area contributed by atoms with E-state index in [9.17, 15) is 9.59 Å². The molecule has 0 spiro atoms. The third-order valence-electron chi connectivity index (χ3n) is 5.60. The first-order valence-corrected chi connectivity index (χ1v) is 10.6. The number of carbonyl (C=O) groups excluding carboxylic acids is 2. The molecule has 0 N–H and O–H groups in total. The molecule has 2 aromatic carbocycles. The van der Waals surface area contributed by atoms with Crippen LogP contribution in [0.4, 0.5) is 5.69 Å². The Morgan fingerprint density at radius 2 is 1.62 bits per heavy atom. The number of rotatable bonds is 2. The van der Waals surface area contributed by atoms with E-state index < -0.39 is 0 Å². The van der Waals surface area contributed by atoms with Gasteiger partial charge in [-0.2, -0.15) is 0 Å². The van der Waals surface area contributed by atoms with Crippen LogP contribution in [-0.2, 0) is 9.59 Å². The number of halogens is 3. The van der Waals surface area contributed by atoms with Crippen molar-refractivity contribution in [3.8, 4) is 0 Å². The second-order valence-electron chi connectivity index (χ2n) is 8.38. The topological polar surface area (TPSA) is 37.4 Å². The third-order valence-corrected chi connectivity index (χ3v) is 6.75. The molecule has 0 saturated heterocycles. The fourth-order valence-electron chi connectivity index (χ4n) is 4.38. The molecule has 6 heteroatoms. The molecule has 1 amide bonds. The highest BCUT2D eigenvalue weighted by atomic mass is 35.5. The molecule has 29 heavy (non-hydrogen) atoms. The zero-order chi connectivity index (χ0) is 20.9. The number of amides is 1. The molecule has 0 aromatic heterocycles. The van der Waals surface area contributed by atoms with Gasteiger partial charge in [-0.1, -0.05) is 72.9 Å². The molecule has 4 rings (SSSR count). The van der Waals surface area contributed by atoms with Gasteiger partial charge in [-0.3, -0.25) is 14.5 Å². The minimum absolute atomic E-state index is 0.0526. The summed E-state index contributed by atoms with van der Waals surface area (Å²) in [5.74, 6) is -0.427. The SMILES string of the molecule is CC1(C)CC(=O)C2=C(C1)N(c1cccc(Cl)c1Cl)C(=O)CC2c1ccccc1Cl. The number of benzene rings is 2. The molecule has 2 aromatic rings. The molecule has 1 aliphatic carbocycles. The summed E-state index contributed by atoms with van der Waals surface area (Å²) in [6.07, 6.45) is 1.17. The minimum atomic E-state index is -0.357. The lowest BCUT2D eigenvalue weighted by Gasteiger charge is -2.43. The largest absolute Gasteiger partial charge is 0.294 e. The van der Waals surface area contributed by atoms with E-state index in [4.69, 9.17) is 34.8 Å². The van der Waals surface area contributed by atoms with Crippen molar-refractivity contribution in [3.63, 3.8) is 0 Å². The zero-order valence-corrected chi connectivity index (χ0v) is 18.4. The second kappa shape index (κ2) is 7.46. The first-order valence-electron chi connectivity index (χ1n) is 9.47. The van der Waals surface area contributed by atoms with Gasteiger partial charge in [0.15, 0.2) is 5.78 Å². The number of hydrogen-bond acceptors (Lipinski definition) is 2. The van der Waals surface area contributed by atoms with Gasteiger partial charge in [0.1, 0.15) is 0 Å². The third kappa shape index (κ3) is 3.61. The fraction of sp³-hybridized carbons (Fsp3) is 0.304. The van der Waals surface area contributed by atoms with E-state index in [0.29, 0.717) is 44.9 Å². The Balaban J connectivity index is 1.96. The summed E-state index contributed by atoms with van der Waals surface area (Å²) in [6.45, 7) is 4.08. The van der Waals surface area contributed by atoms with Gasteiger partial charge < -0.3 is 0 Å². The van der Waals surface area contributed by atoms with E-state index >= 15 is 0 Å². The summed E-state index contributed by atoms with van der Waals surface area (Å²) in [4.78, 5) is 28.2. The van der Waals surface area contributed by atoms with Crippen LogP contribution in [0.5, 0.6) is 0 Å². The summed E-state index contributed by atoms with van der Waals surface area (Å²) >= 11 is 19.1. The Hall–Kier alpha value is -1.81. The lowest BCUT2D eigenvalue weighted by atomic mass is 9.69. The van der Waals surface area contributed by atoms with E-state index in [1.165, 1.54) is 0 Å². The maximum atomic E-state index is 13.4. The van der Waals surface area contributed by atoms with Crippen LogP contribution in [0.3, 0.4) is 0 Å². The van der Waals surface area contributed by atoms with Gasteiger partial charge in [0.2, 0.25) is 5.91 Å². The first kappa shape index (κ1) is 20.5. The molecule has 0 bridgehead atoms. The molecular formula is C23H20Cl3NO2. The Morgan fingerprint density at radius 3 is 2.34 bits per heavy atom. The zero-order valence-electron chi connectivity index (χ0n) is 16.1. The van der Waals surface area contributed by atoms with Crippen LogP contribution >= 0.6 is 34.8 Å². The first-order chi connectivity index (χ1) is 13.7. The molecule has 0 radical (unpaired) electrons. The van der Waals surface area contributed by atoms with Crippen molar-refractivity contribution in [3.05, 3.63) is 74.4 Å². The van der Waals surface area contributed by atoms with Crippen molar-refractivity contribution < 1.29 is 9.59 Å². The van der Waals surface area contributed by atoms with Crippen molar-refractivity contribution in [1.82, 2.24) is 0 Å². The van der Waals surface area contributed by atoms with Crippen molar-refractivity contribution >= 4 is 52.2 Å². The van der Waals surface area contributed by atoms with Crippen LogP contribution in [0.1, 0.15) is 44.6 Å². The lowest BCUT2D eigenvalue weighted by Crippen LogP contribution is -2.43. The van der Waals surface area contributed by atoms with Crippen molar-refractivity contribution in [2.24, 2.45) is 5.41 Å². The van der Waals surface area contributed by atoms with E-state index in [0.717, 1.165) is 5.56 Å². The Morgan fingerprint density at radius 1 is 0.931 bits per heavy atom. The van der Waals surface area contributed by atoms with Crippen LogP contribution in [0.15, 0.2) is 53.7 Å². The van der Waals surface area contributed by atoms with Crippen molar-refractivity contribution in [1.29, 1.82) is 0 Å². The Labute approximate surface area is 185 Å². The smallest absolute Gasteiger partial charge is 0.232 e. The molecule has 1 aliphatic heterocycles. The highest BCUT2D eigenvalue weighted by molar-refractivity contribution is 6.44. The molecule has 1 unspecified atom stereocenters. The van der Waals surface area contributed by atoms with Crippen molar-refractivity contribution in [2.75, 3.05) is 4.90 Å². The molecule has 3 nitrogen and oxygen atoms in total. The number of anilines is 1. The maximum Gasteiger partial charge on any atom is 0.232 e. The van der Waals surface area contributed by atoms with E-state index in [1.54, 1.807) is 29.2 Å². The van der Waals surface area contributed by atoms with Gasteiger partial charge in [0.25, 0.3) is 0 Å². The van der Waals surface area contributed by atoms with Gasteiger partial charge in [0.05, 0.1) is 15.7 Å². The molecule has 2 aliphatic rings. The summed E-state index contributed by atoms with van der Waals surface area (Å²) in [5.41, 5.74) is 2.42.